The first kappa shape index (κ1) is 10.6. The summed E-state index contributed by atoms with van der Waals surface area (Å²) >= 11 is 5.83. The van der Waals surface area contributed by atoms with Gasteiger partial charge in [0, 0.05) is 11.1 Å². The van der Waals surface area contributed by atoms with Crippen LogP contribution in [0.3, 0.4) is 0 Å². The lowest BCUT2D eigenvalue weighted by Crippen LogP contribution is -2.33. The van der Waals surface area contributed by atoms with Gasteiger partial charge in [0.05, 0.1) is 0 Å². The Labute approximate surface area is 88.4 Å². The minimum atomic E-state index is 0. The summed E-state index contributed by atoms with van der Waals surface area (Å²) in [5, 5.41) is 0.742. The highest BCUT2D eigenvalue weighted by atomic mass is 35.5. The topological polar surface area (TPSA) is 35.2 Å². The Morgan fingerprint density at radius 3 is 3.00 bits per heavy atom. The quantitative estimate of drug-likeness (QED) is 0.725. The smallest absolute Gasteiger partial charge is 0.122 e. The highest BCUT2D eigenvalue weighted by molar-refractivity contribution is 6.30. The van der Waals surface area contributed by atoms with Gasteiger partial charge < -0.3 is 10.5 Å². The molecule has 1 aromatic rings. The van der Waals surface area contributed by atoms with E-state index in [-0.39, 0.29) is 18.4 Å². The average molecular weight is 220 g/mol. The van der Waals surface area contributed by atoms with Crippen molar-refractivity contribution in [3.8, 4) is 5.75 Å². The number of halogens is 2. The van der Waals surface area contributed by atoms with Gasteiger partial charge in [0.2, 0.25) is 0 Å². The van der Waals surface area contributed by atoms with Crippen LogP contribution in [0, 0.1) is 0 Å². The molecule has 1 aliphatic rings. The number of hydrogen-bond acceptors (Lipinski definition) is 2. The normalized spacial score (nSPS) is 19.7. The van der Waals surface area contributed by atoms with E-state index in [1.54, 1.807) is 0 Å². The Kier molecular flexibility index (Phi) is 3.42. The molecule has 0 saturated heterocycles. The van der Waals surface area contributed by atoms with E-state index in [0.29, 0.717) is 6.61 Å². The van der Waals surface area contributed by atoms with Gasteiger partial charge in [-0.2, -0.15) is 0 Å². The zero-order chi connectivity index (χ0) is 8.55. The minimum Gasteiger partial charge on any atom is -0.492 e. The number of fused-ring (bicyclic) bond motifs is 1. The third-order valence-electron chi connectivity index (χ3n) is 1.96. The molecule has 2 N–H and O–H groups in total. The molecule has 0 radical (unpaired) electrons. The van der Waals surface area contributed by atoms with Crippen LogP contribution >= 0.6 is 24.0 Å². The second-order valence-corrected chi connectivity index (χ2v) is 3.46. The van der Waals surface area contributed by atoms with Crippen LogP contribution in [0.1, 0.15) is 5.56 Å². The summed E-state index contributed by atoms with van der Waals surface area (Å²) in [6, 6.07) is 5.74. The van der Waals surface area contributed by atoms with Crippen LogP contribution in [-0.4, -0.2) is 12.6 Å². The molecule has 0 spiro atoms. The number of nitrogens with two attached hydrogens (primary N) is 1. The lowest BCUT2D eigenvalue weighted by molar-refractivity contribution is 0.263. The predicted molar refractivity (Wildman–Crippen MR) is 55.9 cm³/mol. The number of rotatable bonds is 0. The molecule has 0 aliphatic carbocycles. The van der Waals surface area contributed by atoms with E-state index >= 15 is 0 Å². The average Bonchev–Trinajstić information content (AvgIpc) is 2.03. The molecule has 0 saturated carbocycles. The van der Waals surface area contributed by atoms with Crippen molar-refractivity contribution in [3.63, 3.8) is 0 Å². The summed E-state index contributed by atoms with van der Waals surface area (Å²) in [7, 11) is 0. The van der Waals surface area contributed by atoms with Gasteiger partial charge in [0.15, 0.2) is 0 Å². The van der Waals surface area contributed by atoms with Crippen molar-refractivity contribution in [2.75, 3.05) is 6.61 Å². The highest BCUT2D eigenvalue weighted by Gasteiger charge is 2.15. The second-order valence-electron chi connectivity index (χ2n) is 3.03. The van der Waals surface area contributed by atoms with E-state index in [4.69, 9.17) is 22.1 Å². The lowest BCUT2D eigenvalue weighted by atomic mass is 10.0. The molecule has 2 rings (SSSR count). The second kappa shape index (κ2) is 4.18. The number of hydrogen-bond donors (Lipinski definition) is 1. The SMILES string of the molecule is Cl.N[C@@H]1COc2ccc(Cl)cc2C1. The summed E-state index contributed by atoms with van der Waals surface area (Å²) in [6.07, 6.45) is 0.857. The Morgan fingerprint density at radius 2 is 2.23 bits per heavy atom. The van der Waals surface area contributed by atoms with Crippen molar-refractivity contribution < 1.29 is 4.74 Å². The summed E-state index contributed by atoms with van der Waals surface area (Å²) in [6.45, 7) is 0.606. The van der Waals surface area contributed by atoms with Crippen LogP contribution in [0.4, 0.5) is 0 Å². The number of ether oxygens (including phenoxy) is 1. The fourth-order valence-electron chi connectivity index (χ4n) is 1.39. The first-order chi connectivity index (χ1) is 5.75. The molecular formula is C9H11Cl2NO. The van der Waals surface area contributed by atoms with E-state index in [2.05, 4.69) is 0 Å². The first-order valence-corrected chi connectivity index (χ1v) is 4.30. The fraction of sp³-hybridized carbons (Fsp3) is 0.333. The summed E-state index contributed by atoms with van der Waals surface area (Å²) in [5.41, 5.74) is 6.84. The van der Waals surface area contributed by atoms with Crippen molar-refractivity contribution in [1.82, 2.24) is 0 Å². The van der Waals surface area contributed by atoms with E-state index < -0.39 is 0 Å². The van der Waals surface area contributed by atoms with Gasteiger partial charge in [-0.1, -0.05) is 11.6 Å². The van der Waals surface area contributed by atoms with Gasteiger partial charge in [0.25, 0.3) is 0 Å². The molecule has 0 bridgehead atoms. The molecule has 13 heavy (non-hydrogen) atoms. The Balaban J connectivity index is 0.000000845. The van der Waals surface area contributed by atoms with Crippen LogP contribution < -0.4 is 10.5 Å². The molecule has 1 aliphatic heterocycles. The highest BCUT2D eigenvalue weighted by Crippen LogP contribution is 2.26. The van der Waals surface area contributed by atoms with Gasteiger partial charge in [-0.25, -0.2) is 0 Å². The molecule has 0 unspecified atom stereocenters. The Bertz CT molecular complexity index is 304. The third-order valence-corrected chi connectivity index (χ3v) is 2.19. The molecule has 4 heteroatoms. The van der Waals surface area contributed by atoms with Gasteiger partial charge >= 0.3 is 0 Å². The first-order valence-electron chi connectivity index (χ1n) is 3.92. The Morgan fingerprint density at radius 1 is 1.46 bits per heavy atom. The van der Waals surface area contributed by atoms with Crippen LogP contribution in [0.5, 0.6) is 5.75 Å². The zero-order valence-corrected chi connectivity index (χ0v) is 8.57. The van der Waals surface area contributed by atoms with Gasteiger partial charge in [-0.15, -0.1) is 12.4 Å². The van der Waals surface area contributed by atoms with Gasteiger partial charge in [-0.05, 0) is 30.2 Å². The summed E-state index contributed by atoms with van der Waals surface area (Å²) < 4.78 is 5.41. The molecule has 72 valence electrons. The van der Waals surface area contributed by atoms with Crippen LogP contribution in [0.25, 0.3) is 0 Å². The van der Waals surface area contributed by atoms with Gasteiger partial charge in [0.1, 0.15) is 12.4 Å². The van der Waals surface area contributed by atoms with Crippen molar-refractivity contribution in [3.05, 3.63) is 28.8 Å². The summed E-state index contributed by atoms with van der Waals surface area (Å²) in [5.74, 6) is 0.918. The largest absolute Gasteiger partial charge is 0.492 e. The maximum atomic E-state index is 5.83. The molecule has 1 atom stereocenters. The molecule has 1 heterocycles. The maximum absolute atomic E-state index is 5.83. The maximum Gasteiger partial charge on any atom is 0.122 e. The monoisotopic (exact) mass is 219 g/mol. The molecule has 1 aromatic carbocycles. The van der Waals surface area contributed by atoms with Crippen molar-refractivity contribution in [2.24, 2.45) is 5.73 Å². The molecule has 0 aromatic heterocycles. The predicted octanol–water partition coefficient (Wildman–Crippen LogP) is 2.02. The standard InChI is InChI=1S/C9H10ClNO.ClH/c10-7-1-2-9-6(3-7)4-8(11)5-12-9;/h1-3,8H,4-5,11H2;1H/t8-;/m0./s1. The van der Waals surface area contributed by atoms with E-state index in [9.17, 15) is 0 Å². The molecule has 2 nitrogen and oxygen atoms in total. The molecule has 0 amide bonds. The van der Waals surface area contributed by atoms with Crippen molar-refractivity contribution in [2.45, 2.75) is 12.5 Å². The minimum absolute atomic E-state index is 0. The zero-order valence-electron chi connectivity index (χ0n) is 7.00. The summed E-state index contributed by atoms with van der Waals surface area (Å²) in [4.78, 5) is 0. The Hall–Kier alpha value is -0.440. The third kappa shape index (κ3) is 2.27. The van der Waals surface area contributed by atoms with E-state index in [1.807, 2.05) is 18.2 Å². The van der Waals surface area contributed by atoms with E-state index in [1.165, 1.54) is 0 Å². The number of benzene rings is 1. The lowest BCUT2D eigenvalue weighted by Gasteiger charge is -2.22. The van der Waals surface area contributed by atoms with Crippen LogP contribution in [-0.2, 0) is 6.42 Å². The van der Waals surface area contributed by atoms with Crippen molar-refractivity contribution >= 4 is 24.0 Å². The molecule has 0 fully saturated rings. The molecular weight excluding hydrogens is 209 g/mol. The van der Waals surface area contributed by atoms with Crippen LogP contribution in [0.15, 0.2) is 18.2 Å². The fourth-order valence-corrected chi connectivity index (χ4v) is 1.58. The van der Waals surface area contributed by atoms with Crippen molar-refractivity contribution in [1.29, 1.82) is 0 Å². The van der Waals surface area contributed by atoms with Gasteiger partial charge in [-0.3, -0.25) is 0 Å². The van der Waals surface area contributed by atoms with E-state index in [0.717, 1.165) is 22.8 Å². The van der Waals surface area contributed by atoms with Crippen LogP contribution in [0.2, 0.25) is 5.02 Å².